The van der Waals surface area contributed by atoms with Gasteiger partial charge in [-0.1, -0.05) is 29.3 Å². The molecule has 3 aromatic carbocycles. The van der Waals surface area contributed by atoms with Gasteiger partial charge in [-0.15, -0.1) is 11.8 Å². The van der Waals surface area contributed by atoms with Gasteiger partial charge in [0, 0.05) is 16.7 Å². The van der Waals surface area contributed by atoms with Gasteiger partial charge in [0.1, 0.15) is 23.6 Å². The van der Waals surface area contributed by atoms with Crippen LogP contribution in [0.5, 0.6) is 11.5 Å². The first-order valence-electron chi connectivity index (χ1n) is 9.44. The molecule has 0 aliphatic carbocycles. The Kier molecular flexibility index (Phi) is 6.92. The van der Waals surface area contributed by atoms with Crippen molar-refractivity contribution in [3.8, 4) is 11.5 Å². The van der Waals surface area contributed by atoms with Crippen LogP contribution in [-0.4, -0.2) is 23.8 Å². The van der Waals surface area contributed by atoms with E-state index in [4.69, 9.17) is 37.1 Å². The van der Waals surface area contributed by atoms with E-state index in [0.717, 1.165) is 16.2 Å². The molecular formula is C23H19Cl2NO4S. The second-order valence-corrected chi connectivity index (χ2v) is 8.58. The molecule has 0 saturated heterocycles. The van der Waals surface area contributed by atoms with Crippen molar-refractivity contribution < 1.29 is 19.0 Å². The number of aliphatic hydroxyl groups excluding tert-OH is 1. The van der Waals surface area contributed by atoms with Gasteiger partial charge in [-0.3, -0.25) is 0 Å². The summed E-state index contributed by atoms with van der Waals surface area (Å²) in [7, 11) is 1.58. The molecule has 0 fully saturated rings. The molecule has 0 radical (unpaired) electrons. The van der Waals surface area contributed by atoms with E-state index in [1.165, 1.54) is 0 Å². The maximum atomic E-state index is 10.4. The summed E-state index contributed by atoms with van der Waals surface area (Å²) in [5.74, 6) is 2.30. The highest BCUT2D eigenvalue weighted by Crippen LogP contribution is 2.29. The molecule has 5 nitrogen and oxygen atoms in total. The van der Waals surface area contributed by atoms with E-state index in [1.807, 2.05) is 36.4 Å². The molecular weight excluding hydrogens is 457 g/mol. The lowest BCUT2D eigenvalue weighted by Crippen LogP contribution is -2.09. The standard InChI is InChI=1S/C23H19Cl2NO4S/c1-28-16-5-9-20-22(11-16)30-23(26-20)21(27)12-29-15-3-6-17(7-4-15)31-13-14-2-8-18(24)19(25)10-14/h2-11,21,27H,12-13H2,1H3. The average Bonchev–Trinajstić information content (AvgIpc) is 3.22. The molecule has 31 heavy (non-hydrogen) atoms. The maximum absolute atomic E-state index is 10.4. The predicted molar refractivity (Wildman–Crippen MR) is 123 cm³/mol. The van der Waals surface area contributed by atoms with Crippen molar-refractivity contribution in [1.29, 1.82) is 0 Å². The molecule has 1 atom stereocenters. The topological polar surface area (TPSA) is 64.7 Å². The van der Waals surface area contributed by atoms with Crippen molar-refractivity contribution in [2.75, 3.05) is 13.7 Å². The smallest absolute Gasteiger partial charge is 0.227 e. The van der Waals surface area contributed by atoms with Crippen molar-refractivity contribution in [2.24, 2.45) is 0 Å². The predicted octanol–water partition coefficient (Wildman–Crippen LogP) is 6.55. The summed E-state index contributed by atoms with van der Waals surface area (Å²) >= 11 is 13.7. The Morgan fingerprint density at radius 1 is 1.00 bits per heavy atom. The molecule has 0 saturated carbocycles. The van der Waals surface area contributed by atoms with Crippen LogP contribution >= 0.6 is 35.0 Å². The van der Waals surface area contributed by atoms with Crippen LogP contribution in [0.25, 0.3) is 11.1 Å². The second kappa shape index (κ2) is 9.83. The summed E-state index contributed by atoms with van der Waals surface area (Å²) in [6, 6.07) is 18.6. The number of fused-ring (bicyclic) bond motifs is 1. The van der Waals surface area contributed by atoms with Gasteiger partial charge in [-0.25, -0.2) is 4.98 Å². The molecule has 8 heteroatoms. The van der Waals surface area contributed by atoms with E-state index >= 15 is 0 Å². The normalized spacial score (nSPS) is 12.1. The Labute approximate surface area is 193 Å². The number of oxazole rings is 1. The van der Waals surface area contributed by atoms with Gasteiger partial charge in [-0.05, 0) is 54.1 Å². The van der Waals surface area contributed by atoms with Gasteiger partial charge in [-0.2, -0.15) is 0 Å². The highest BCUT2D eigenvalue weighted by Gasteiger charge is 2.17. The van der Waals surface area contributed by atoms with E-state index < -0.39 is 6.10 Å². The van der Waals surface area contributed by atoms with Crippen LogP contribution in [-0.2, 0) is 5.75 Å². The Bertz CT molecular complexity index is 1180. The van der Waals surface area contributed by atoms with Crippen LogP contribution < -0.4 is 9.47 Å². The van der Waals surface area contributed by atoms with E-state index in [1.54, 1.807) is 43.1 Å². The molecule has 1 N–H and O–H groups in total. The molecule has 4 rings (SSSR count). The summed E-state index contributed by atoms with van der Waals surface area (Å²) in [4.78, 5) is 5.40. The lowest BCUT2D eigenvalue weighted by Gasteiger charge is -2.10. The van der Waals surface area contributed by atoms with Crippen LogP contribution in [0, 0.1) is 0 Å². The zero-order valence-corrected chi connectivity index (χ0v) is 18.9. The lowest BCUT2D eigenvalue weighted by atomic mass is 10.2. The third-order valence-corrected chi connectivity index (χ3v) is 6.34. The van der Waals surface area contributed by atoms with E-state index in [2.05, 4.69) is 4.98 Å². The molecule has 0 aliphatic heterocycles. The Morgan fingerprint density at radius 3 is 2.52 bits per heavy atom. The average molecular weight is 476 g/mol. The highest BCUT2D eigenvalue weighted by atomic mass is 35.5. The molecule has 0 bridgehead atoms. The lowest BCUT2D eigenvalue weighted by molar-refractivity contribution is 0.0857. The van der Waals surface area contributed by atoms with Crippen molar-refractivity contribution in [3.05, 3.63) is 82.2 Å². The summed E-state index contributed by atoms with van der Waals surface area (Å²) in [5, 5.41) is 11.5. The third-order valence-electron chi connectivity index (χ3n) is 4.52. The number of benzene rings is 3. The summed E-state index contributed by atoms with van der Waals surface area (Å²) in [6.45, 7) is 0.0275. The molecule has 4 aromatic rings. The minimum Gasteiger partial charge on any atom is -0.497 e. The number of hydrogen-bond acceptors (Lipinski definition) is 6. The summed E-state index contributed by atoms with van der Waals surface area (Å²) in [5.41, 5.74) is 2.30. The van der Waals surface area contributed by atoms with E-state index in [9.17, 15) is 5.11 Å². The van der Waals surface area contributed by atoms with Crippen molar-refractivity contribution in [3.63, 3.8) is 0 Å². The van der Waals surface area contributed by atoms with Crippen molar-refractivity contribution in [2.45, 2.75) is 16.8 Å². The van der Waals surface area contributed by atoms with Gasteiger partial charge in [0.15, 0.2) is 11.7 Å². The second-order valence-electron chi connectivity index (χ2n) is 6.72. The Morgan fingerprint density at radius 2 is 1.77 bits per heavy atom. The highest BCUT2D eigenvalue weighted by molar-refractivity contribution is 7.98. The number of ether oxygens (including phenoxy) is 2. The Balaban J connectivity index is 1.32. The van der Waals surface area contributed by atoms with Gasteiger partial charge < -0.3 is 19.0 Å². The first-order chi connectivity index (χ1) is 15.0. The number of hydrogen-bond donors (Lipinski definition) is 1. The van der Waals surface area contributed by atoms with Crippen LogP contribution in [0.2, 0.25) is 10.0 Å². The van der Waals surface area contributed by atoms with Gasteiger partial charge in [0.2, 0.25) is 5.89 Å². The number of thioether (sulfide) groups is 1. The van der Waals surface area contributed by atoms with E-state index in [0.29, 0.717) is 32.6 Å². The zero-order chi connectivity index (χ0) is 21.8. The first kappa shape index (κ1) is 21.8. The maximum Gasteiger partial charge on any atom is 0.227 e. The van der Waals surface area contributed by atoms with Crippen LogP contribution in [0.15, 0.2) is 70.0 Å². The number of rotatable bonds is 8. The molecule has 1 aromatic heterocycles. The fourth-order valence-corrected chi connectivity index (χ4v) is 4.03. The van der Waals surface area contributed by atoms with Gasteiger partial charge in [0.25, 0.3) is 0 Å². The van der Waals surface area contributed by atoms with Gasteiger partial charge in [0.05, 0.1) is 17.2 Å². The van der Waals surface area contributed by atoms with Crippen LogP contribution in [0.4, 0.5) is 0 Å². The van der Waals surface area contributed by atoms with Crippen LogP contribution in [0.1, 0.15) is 17.6 Å². The number of aliphatic hydroxyl groups is 1. The third kappa shape index (κ3) is 5.46. The number of methoxy groups -OCH3 is 1. The molecule has 1 unspecified atom stereocenters. The SMILES string of the molecule is COc1ccc2nc(C(O)COc3ccc(SCc4ccc(Cl)c(Cl)c4)cc3)oc2c1. The van der Waals surface area contributed by atoms with Gasteiger partial charge >= 0.3 is 0 Å². The number of aromatic nitrogens is 1. The zero-order valence-electron chi connectivity index (χ0n) is 16.5. The van der Waals surface area contributed by atoms with Crippen molar-refractivity contribution >= 4 is 46.1 Å². The number of halogens is 2. The van der Waals surface area contributed by atoms with Crippen molar-refractivity contribution in [1.82, 2.24) is 4.98 Å². The fraction of sp³-hybridized carbons (Fsp3) is 0.174. The summed E-state index contributed by atoms with van der Waals surface area (Å²) in [6.07, 6.45) is -0.984. The van der Waals surface area contributed by atoms with Crippen LogP contribution in [0.3, 0.4) is 0 Å². The number of nitrogens with zero attached hydrogens (tertiary/aromatic N) is 1. The first-order valence-corrected chi connectivity index (χ1v) is 11.2. The Hall–Kier alpha value is -2.38. The molecule has 0 spiro atoms. The summed E-state index contributed by atoms with van der Waals surface area (Å²) < 4.78 is 16.5. The van der Waals surface area contributed by atoms with E-state index in [-0.39, 0.29) is 12.5 Å². The minimum absolute atomic E-state index is 0.0275. The minimum atomic E-state index is -0.984. The molecule has 160 valence electrons. The largest absolute Gasteiger partial charge is 0.497 e. The molecule has 0 aliphatic rings. The molecule has 0 amide bonds. The fourth-order valence-electron chi connectivity index (χ4n) is 2.87. The monoisotopic (exact) mass is 475 g/mol. The quantitative estimate of drug-likeness (QED) is 0.291. The molecule has 1 heterocycles.